The number of nitrogens with one attached hydrogen (secondary N) is 1. The molecule has 0 aliphatic heterocycles. The topological polar surface area (TPSA) is 48.2 Å². The number of halogens is 1. The van der Waals surface area contributed by atoms with Crippen molar-refractivity contribution < 1.29 is 4.39 Å². The second kappa shape index (κ2) is 7.37. The predicted molar refractivity (Wildman–Crippen MR) is 85.9 cm³/mol. The summed E-state index contributed by atoms with van der Waals surface area (Å²) in [5.41, 5.74) is 3.03. The molecule has 0 radical (unpaired) electrons. The highest BCUT2D eigenvalue weighted by Crippen LogP contribution is 2.18. The number of amidine groups is 1. The molecule has 2 rings (SSSR count). The molecule has 2 aromatic rings. The molecule has 2 aromatic carbocycles. The Morgan fingerprint density at radius 3 is 2.73 bits per heavy atom. The van der Waals surface area contributed by atoms with E-state index < -0.39 is 0 Å². The summed E-state index contributed by atoms with van der Waals surface area (Å²) in [4.78, 5) is 4.53. The van der Waals surface area contributed by atoms with Gasteiger partial charge in [0, 0.05) is 6.42 Å². The summed E-state index contributed by atoms with van der Waals surface area (Å²) in [6.45, 7) is 3.90. The largest absolute Gasteiger partial charge is 0.280 e. The van der Waals surface area contributed by atoms with Crippen LogP contribution in [0.5, 0.6) is 0 Å². The highest BCUT2D eigenvalue weighted by Gasteiger charge is 2.09. The fourth-order valence-corrected chi connectivity index (χ4v) is 2.25. The minimum absolute atomic E-state index is 0.226. The quantitative estimate of drug-likeness (QED) is 0.402. The average molecular weight is 295 g/mol. The molecule has 0 saturated heterocycles. The number of nitriles is 1. The highest BCUT2D eigenvalue weighted by atomic mass is 19.1. The molecule has 0 heterocycles. The van der Waals surface area contributed by atoms with Crippen LogP contribution in [0.4, 0.5) is 4.39 Å². The molecule has 4 heteroatoms. The maximum Gasteiger partial charge on any atom is 0.182 e. The molecule has 0 amide bonds. The Bertz CT molecular complexity index is 716. The number of hydrogen-bond donors (Lipinski definition) is 1. The van der Waals surface area contributed by atoms with Gasteiger partial charge in [0.1, 0.15) is 11.7 Å². The molecule has 3 nitrogen and oxygen atoms in total. The predicted octanol–water partition coefficient (Wildman–Crippen LogP) is 3.91. The zero-order valence-electron chi connectivity index (χ0n) is 12.7. The number of benzene rings is 2. The standard InChI is InChI=1S/C18H18FN3/c1-13-6-3-4-7-15(13)11-18(21-12-20)22-14(2)16-8-5-9-17(19)10-16/h3-10,14H,11H2,1-2H3,(H,21,22). The Morgan fingerprint density at radius 1 is 1.27 bits per heavy atom. The SMILES string of the molecule is Cc1ccccc1CC(=NC(C)c1cccc(F)c1)NC#N. The van der Waals surface area contributed by atoms with Gasteiger partial charge in [0.15, 0.2) is 6.19 Å². The smallest absolute Gasteiger partial charge is 0.182 e. The first kappa shape index (κ1) is 15.7. The third-order valence-electron chi connectivity index (χ3n) is 3.50. The van der Waals surface area contributed by atoms with Crippen LogP contribution in [0.1, 0.15) is 29.7 Å². The van der Waals surface area contributed by atoms with Crippen molar-refractivity contribution in [2.45, 2.75) is 26.3 Å². The summed E-state index contributed by atoms with van der Waals surface area (Å²) in [6, 6.07) is 14.1. The molecule has 0 saturated carbocycles. The monoisotopic (exact) mass is 295 g/mol. The van der Waals surface area contributed by atoms with Gasteiger partial charge in [0.05, 0.1) is 6.04 Å². The van der Waals surface area contributed by atoms with Gasteiger partial charge in [-0.2, -0.15) is 5.26 Å². The van der Waals surface area contributed by atoms with E-state index in [9.17, 15) is 4.39 Å². The lowest BCUT2D eigenvalue weighted by Gasteiger charge is -2.12. The van der Waals surface area contributed by atoms with Crippen LogP contribution >= 0.6 is 0 Å². The Kier molecular flexibility index (Phi) is 5.26. The highest BCUT2D eigenvalue weighted by molar-refractivity contribution is 5.86. The molecule has 0 fully saturated rings. The van der Waals surface area contributed by atoms with Gasteiger partial charge in [-0.25, -0.2) is 4.39 Å². The maximum atomic E-state index is 13.3. The van der Waals surface area contributed by atoms with Crippen LogP contribution < -0.4 is 5.32 Å². The fraction of sp³-hybridized carbons (Fsp3) is 0.222. The van der Waals surface area contributed by atoms with E-state index in [1.807, 2.05) is 50.4 Å². The van der Waals surface area contributed by atoms with Crippen LogP contribution in [0.2, 0.25) is 0 Å². The summed E-state index contributed by atoms with van der Waals surface area (Å²) in [5, 5.41) is 11.5. The summed E-state index contributed by atoms with van der Waals surface area (Å²) >= 11 is 0. The Morgan fingerprint density at radius 2 is 2.05 bits per heavy atom. The molecule has 0 aliphatic carbocycles. The average Bonchev–Trinajstić information content (AvgIpc) is 2.50. The van der Waals surface area contributed by atoms with Gasteiger partial charge >= 0.3 is 0 Å². The van der Waals surface area contributed by atoms with Crippen LogP contribution in [0.15, 0.2) is 53.5 Å². The van der Waals surface area contributed by atoms with Crippen LogP contribution in [-0.4, -0.2) is 5.84 Å². The first-order valence-corrected chi connectivity index (χ1v) is 7.12. The van der Waals surface area contributed by atoms with Gasteiger partial charge in [-0.15, -0.1) is 0 Å². The van der Waals surface area contributed by atoms with Gasteiger partial charge in [-0.3, -0.25) is 10.3 Å². The summed E-state index contributed by atoms with van der Waals surface area (Å²) < 4.78 is 13.3. The fourth-order valence-electron chi connectivity index (χ4n) is 2.25. The van der Waals surface area contributed by atoms with E-state index >= 15 is 0 Å². The first-order valence-electron chi connectivity index (χ1n) is 7.12. The first-order chi connectivity index (χ1) is 10.6. The van der Waals surface area contributed by atoms with E-state index in [0.29, 0.717) is 12.3 Å². The van der Waals surface area contributed by atoms with Crippen LogP contribution in [0.3, 0.4) is 0 Å². The van der Waals surface area contributed by atoms with Crippen molar-refractivity contribution in [1.82, 2.24) is 5.32 Å². The van der Waals surface area contributed by atoms with Crippen LogP contribution in [0.25, 0.3) is 0 Å². The van der Waals surface area contributed by atoms with E-state index in [2.05, 4.69) is 10.3 Å². The molecule has 0 aromatic heterocycles. The Labute approximate surface area is 130 Å². The number of nitrogens with zero attached hydrogens (tertiary/aromatic N) is 2. The summed E-state index contributed by atoms with van der Waals surface area (Å²) in [7, 11) is 0. The normalized spacial score (nSPS) is 12.5. The molecule has 1 N–H and O–H groups in total. The summed E-state index contributed by atoms with van der Waals surface area (Å²) in [6.07, 6.45) is 2.46. The van der Waals surface area contributed by atoms with Crippen molar-refractivity contribution in [3.63, 3.8) is 0 Å². The van der Waals surface area contributed by atoms with E-state index in [1.165, 1.54) is 12.1 Å². The molecule has 22 heavy (non-hydrogen) atoms. The number of aliphatic imine (C=N–C) groups is 1. The molecule has 0 aliphatic rings. The van der Waals surface area contributed by atoms with Crippen molar-refractivity contribution in [3.05, 3.63) is 71.0 Å². The molecule has 0 spiro atoms. The molecule has 1 atom stereocenters. The van der Waals surface area contributed by atoms with Gasteiger partial charge in [-0.1, -0.05) is 36.4 Å². The van der Waals surface area contributed by atoms with Crippen LogP contribution in [-0.2, 0) is 6.42 Å². The van der Waals surface area contributed by atoms with Gasteiger partial charge in [0.25, 0.3) is 0 Å². The van der Waals surface area contributed by atoms with Gasteiger partial charge in [-0.05, 0) is 42.7 Å². The third kappa shape index (κ3) is 4.16. The zero-order valence-corrected chi connectivity index (χ0v) is 12.7. The lowest BCUT2D eigenvalue weighted by Crippen LogP contribution is -2.21. The van der Waals surface area contributed by atoms with Crippen molar-refractivity contribution in [2.24, 2.45) is 4.99 Å². The summed E-state index contributed by atoms with van der Waals surface area (Å²) in [5.74, 6) is 0.293. The molecular formula is C18H18FN3. The van der Waals surface area contributed by atoms with Crippen molar-refractivity contribution >= 4 is 5.84 Å². The molecule has 112 valence electrons. The van der Waals surface area contributed by atoms with Gasteiger partial charge in [0.2, 0.25) is 0 Å². The van der Waals surface area contributed by atoms with E-state index in [0.717, 1.165) is 16.7 Å². The number of rotatable bonds is 4. The van der Waals surface area contributed by atoms with Crippen LogP contribution in [0, 0.1) is 24.2 Å². The Hall–Kier alpha value is -2.67. The number of aryl methyl sites for hydroxylation is 1. The zero-order chi connectivity index (χ0) is 15.9. The second-order valence-electron chi connectivity index (χ2n) is 5.15. The molecule has 0 bridgehead atoms. The second-order valence-corrected chi connectivity index (χ2v) is 5.15. The van der Waals surface area contributed by atoms with E-state index in [1.54, 1.807) is 6.07 Å². The lowest BCUT2D eigenvalue weighted by atomic mass is 10.0. The lowest BCUT2D eigenvalue weighted by molar-refractivity contribution is 0.622. The number of hydrogen-bond acceptors (Lipinski definition) is 2. The molecular weight excluding hydrogens is 277 g/mol. The maximum absolute atomic E-state index is 13.3. The van der Waals surface area contributed by atoms with E-state index in [-0.39, 0.29) is 11.9 Å². The minimum atomic E-state index is -0.284. The van der Waals surface area contributed by atoms with E-state index in [4.69, 9.17) is 5.26 Å². The van der Waals surface area contributed by atoms with Crippen molar-refractivity contribution in [1.29, 1.82) is 5.26 Å². The van der Waals surface area contributed by atoms with Crippen molar-refractivity contribution in [3.8, 4) is 6.19 Å². The minimum Gasteiger partial charge on any atom is -0.280 e. The van der Waals surface area contributed by atoms with Gasteiger partial charge < -0.3 is 0 Å². The Balaban J connectivity index is 2.23. The molecule has 1 unspecified atom stereocenters. The van der Waals surface area contributed by atoms with Crippen molar-refractivity contribution in [2.75, 3.05) is 0 Å². The third-order valence-corrected chi connectivity index (χ3v) is 3.50.